The van der Waals surface area contributed by atoms with E-state index >= 15 is 0 Å². The number of hydrogen-bond donors (Lipinski definition) is 0. The highest BCUT2D eigenvalue weighted by molar-refractivity contribution is 5.48. The smallest absolute Gasteiger partial charge is 0.0594 e. The van der Waals surface area contributed by atoms with Gasteiger partial charge in [-0.15, -0.1) is 0 Å². The number of piperidine rings is 1. The largest absolute Gasteiger partial charge is 0.379 e. The quantitative estimate of drug-likeness (QED) is 0.778. The zero-order valence-electron chi connectivity index (χ0n) is 16.2. The zero-order chi connectivity index (χ0) is 17.6. The number of anilines is 1. The van der Waals surface area contributed by atoms with Crippen molar-refractivity contribution in [3.8, 4) is 0 Å². The van der Waals surface area contributed by atoms with Crippen LogP contribution in [0.2, 0.25) is 0 Å². The summed E-state index contributed by atoms with van der Waals surface area (Å²) in [4.78, 5) is 7.77. The maximum Gasteiger partial charge on any atom is 0.0594 e. The van der Waals surface area contributed by atoms with Gasteiger partial charge in [-0.1, -0.05) is 18.6 Å². The van der Waals surface area contributed by atoms with Gasteiger partial charge in [-0.2, -0.15) is 0 Å². The van der Waals surface area contributed by atoms with Crippen LogP contribution in [-0.2, 0) is 11.3 Å². The molecule has 0 radical (unpaired) electrons. The normalized spacial score (nSPS) is 25.7. The van der Waals surface area contributed by atoms with Crippen molar-refractivity contribution in [2.24, 2.45) is 5.92 Å². The maximum absolute atomic E-state index is 5.45. The first-order chi connectivity index (χ1) is 12.9. The third-order valence-electron chi connectivity index (χ3n) is 6.40. The Morgan fingerprint density at radius 1 is 0.846 bits per heavy atom. The fourth-order valence-electron chi connectivity index (χ4n) is 4.68. The lowest BCUT2D eigenvalue weighted by Crippen LogP contribution is -2.37. The van der Waals surface area contributed by atoms with Crippen LogP contribution >= 0.6 is 0 Å². The molecule has 0 amide bonds. The molecule has 0 bridgehead atoms. The maximum atomic E-state index is 5.45. The van der Waals surface area contributed by atoms with E-state index in [9.17, 15) is 0 Å². The average molecular weight is 358 g/mol. The second-order valence-electron chi connectivity index (χ2n) is 8.35. The molecule has 0 saturated carbocycles. The van der Waals surface area contributed by atoms with Gasteiger partial charge in [0, 0.05) is 38.4 Å². The molecule has 3 aliphatic heterocycles. The lowest BCUT2D eigenvalue weighted by molar-refractivity contribution is 0.0357. The van der Waals surface area contributed by atoms with Crippen molar-refractivity contribution >= 4 is 5.69 Å². The van der Waals surface area contributed by atoms with Crippen molar-refractivity contribution in [2.45, 2.75) is 38.6 Å². The third-order valence-corrected chi connectivity index (χ3v) is 6.40. The third kappa shape index (κ3) is 4.99. The summed E-state index contributed by atoms with van der Waals surface area (Å²) in [7, 11) is 0. The number of ether oxygens (including phenoxy) is 1. The number of hydrogen-bond acceptors (Lipinski definition) is 4. The summed E-state index contributed by atoms with van der Waals surface area (Å²) >= 11 is 0. The molecule has 3 aliphatic rings. The van der Waals surface area contributed by atoms with Gasteiger partial charge in [-0.25, -0.2) is 0 Å². The molecule has 0 spiro atoms. The molecule has 4 nitrogen and oxygen atoms in total. The van der Waals surface area contributed by atoms with Crippen LogP contribution in [0.3, 0.4) is 0 Å². The Balaban J connectivity index is 1.23. The van der Waals surface area contributed by atoms with Gasteiger partial charge in [0.2, 0.25) is 0 Å². The van der Waals surface area contributed by atoms with Crippen LogP contribution in [0.15, 0.2) is 24.3 Å². The summed E-state index contributed by atoms with van der Waals surface area (Å²) in [5.74, 6) is 0.853. The second kappa shape index (κ2) is 9.20. The predicted molar refractivity (Wildman–Crippen MR) is 108 cm³/mol. The number of benzene rings is 1. The van der Waals surface area contributed by atoms with Crippen molar-refractivity contribution in [1.29, 1.82) is 0 Å². The summed E-state index contributed by atoms with van der Waals surface area (Å²) in [6.07, 6.45) is 6.84. The summed E-state index contributed by atoms with van der Waals surface area (Å²) in [5.41, 5.74) is 2.89. The van der Waals surface area contributed by atoms with Crippen LogP contribution in [0.4, 0.5) is 5.69 Å². The van der Waals surface area contributed by atoms with Crippen LogP contribution in [0.1, 0.15) is 37.7 Å². The first-order valence-electron chi connectivity index (χ1n) is 10.7. The Bertz CT molecular complexity index is 535. The van der Waals surface area contributed by atoms with E-state index in [-0.39, 0.29) is 0 Å². The van der Waals surface area contributed by atoms with Gasteiger partial charge >= 0.3 is 0 Å². The first kappa shape index (κ1) is 18.3. The molecule has 26 heavy (non-hydrogen) atoms. The van der Waals surface area contributed by atoms with Gasteiger partial charge in [0.05, 0.1) is 13.2 Å². The minimum absolute atomic E-state index is 0.853. The van der Waals surface area contributed by atoms with Gasteiger partial charge in [0.15, 0.2) is 0 Å². The lowest BCUT2D eigenvalue weighted by Gasteiger charge is -2.27. The van der Waals surface area contributed by atoms with Crippen LogP contribution < -0.4 is 4.90 Å². The van der Waals surface area contributed by atoms with Crippen molar-refractivity contribution in [3.63, 3.8) is 0 Å². The fourth-order valence-corrected chi connectivity index (χ4v) is 4.68. The SMILES string of the molecule is c1cc(N2CCC(CCN3CCOCC3)C2)ccc1CN1CCCCC1. The average Bonchev–Trinajstić information content (AvgIpc) is 3.18. The first-order valence-corrected chi connectivity index (χ1v) is 10.7. The van der Waals surface area contributed by atoms with Gasteiger partial charge in [-0.3, -0.25) is 9.80 Å². The van der Waals surface area contributed by atoms with Gasteiger partial charge in [0.1, 0.15) is 0 Å². The minimum atomic E-state index is 0.853. The van der Waals surface area contributed by atoms with E-state index in [2.05, 4.69) is 39.0 Å². The molecule has 4 rings (SSSR count). The van der Waals surface area contributed by atoms with E-state index in [1.54, 1.807) is 0 Å². The topological polar surface area (TPSA) is 19.0 Å². The predicted octanol–water partition coefficient (Wildman–Crippen LogP) is 3.22. The van der Waals surface area contributed by atoms with E-state index in [1.807, 2.05) is 0 Å². The van der Waals surface area contributed by atoms with Crippen molar-refractivity contribution in [2.75, 3.05) is 63.9 Å². The molecule has 144 valence electrons. The number of rotatable bonds is 6. The Labute approximate surface area is 159 Å². The molecule has 1 aromatic rings. The minimum Gasteiger partial charge on any atom is -0.379 e. The molecule has 3 heterocycles. The fraction of sp³-hybridized carbons (Fsp3) is 0.727. The van der Waals surface area contributed by atoms with Crippen molar-refractivity contribution in [1.82, 2.24) is 9.80 Å². The molecule has 1 atom stereocenters. The Morgan fingerprint density at radius 3 is 2.38 bits per heavy atom. The molecule has 1 unspecified atom stereocenters. The number of morpholine rings is 1. The van der Waals surface area contributed by atoms with E-state index in [0.29, 0.717) is 0 Å². The molecule has 1 aromatic carbocycles. The molecular weight excluding hydrogens is 322 g/mol. The molecule has 0 aliphatic carbocycles. The van der Waals surface area contributed by atoms with E-state index in [1.165, 1.54) is 76.1 Å². The lowest BCUT2D eigenvalue weighted by atomic mass is 10.0. The Kier molecular flexibility index (Phi) is 6.47. The molecule has 0 aromatic heterocycles. The van der Waals surface area contributed by atoms with Crippen molar-refractivity contribution < 1.29 is 4.74 Å². The molecule has 3 fully saturated rings. The summed E-state index contributed by atoms with van der Waals surface area (Å²) in [5, 5.41) is 0. The highest BCUT2D eigenvalue weighted by atomic mass is 16.5. The Morgan fingerprint density at radius 2 is 1.62 bits per heavy atom. The van der Waals surface area contributed by atoms with Crippen LogP contribution in [0, 0.1) is 5.92 Å². The highest BCUT2D eigenvalue weighted by Gasteiger charge is 2.23. The van der Waals surface area contributed by atoms with E-state index in [0.717, 1.165) is 38.8 Å². The van der Waals surface area contributed by atoms with Gasteiger partial charge in [0.25, 0.3) is 0 Å². The van der Waals surface area contributed by atoms with E-state index in [4.69, 9.17) is 4.74 Å². The molecule has 4 heteroatoms. The summed E-state index contributed by atoms with van der Waals surface area (Å²) in [6, 6.07) is 9.41. The Hall–Kier alpha value is -1.10. The van der Waals surface area contributed by atoms with Crippen LogP contribution in [0.5, 0.6) is 0 Å². The monoisotopic (exact) mass is 357 g/mol. The van der Waals surface area contributed by atoms with Gasteiger partial charge in [-0.05, 0) is 68.9 Å². The molecule has 0 N–H and O–H groups in total. The number of likely N-dealkylation sites (tertiary alicyclic amines) is 1. The molecule has 3 saturated heterocycles. The highest BCUT2D eigenvalue weighted by Crippen LogP contribution is 2.26. The van der Waals surface area contributed by atoms with Crippen LogP contribution in [0.25, 0.3) is 0 Å². The number of nitrogens with zero attached hydrogens (tertiary/aromatic N) is 3. The van der Waals surface area contributed by atoms with E-state index < -0.39 is 0 Å². The van der Waals surface area contributed by atoms with Crippen molar-refractivity contribution in [3.05, 3.63) is 29.8 Å². The zero-order valence-corrected chi connectivity index (χ0v) is 16.2. The van der Waals surface area contributed by atoms with Crippen LogP contribution in [-0.4, -0.2) is 68.8 Å². The van der Waals surface area contributed by atoms with Gasteiger partial charge < -0.3 is 9.64 Å². The molecular formula is C22H35N3O. The summed E-state index contributed by atoms with van der Waals surface area (Å²) in [6.45, 7) is 11.5. The summed E-state index contributed by atoms with van der Waals surface area (Å²) < 4.78 is 5.45. The standard InChI is InChI=1S/C22H35N3O/c1-2-10-24(11-3-1)18-20-4-6-22(7-5-20)25-13-9-21(19-25)8-12-23-14-16-26-17-15-23/h4-7,21H,1-3,8-19H2. The second-order valence-corrected chi connectivity index (χ2v) is 8.35.